The number of hydrogen-bond donors (Lipinski definition) is 2. The van der Waals surface area contributed by atoms with Crippen LogP contribution in [-0.4, -0.2) is 24.0 Å². The maximum atomic E-state index is 14.2. The molecule has 0 radical (unpaired) electrons. The molecule has 2 fully saturated rings. The van der Waals surface area contributed by atoms with E-state index in [2.05, 4.69) is 21.8 Å². The van der Waals surface area contributed by atoms with Gasteiger partial charge < -0.3 is 0 Å². The van der Waals surface area contributed by atoms with Gasteiger partial charge in [-0.1, -0.05) is 18.2 Å². The van der Waals surface area contributed by atoms with Crippen molar-refractivity contribution in [3.63, 3.8) is 0 Å². The second-order valence-electron chi connectivity index (χ2n) is 7.00. The number of nitrogens with zero attached hydrogens (tertiary/aromatic N) is 2. The quantitative estimate of drug-likeness (QED) is 0.890. The van der Waals surface area contributed by atoms with Gasteiger partial charge in [0.05, 0.1) is 17.7 Å². The van der Waals surface area contributed by atoms with E-state index in [4.69, 9.17) is 0 Å². The Balaban J connectivity index is 1.53. The molecule has 2 aromatic rings. The molecule has 0 bridgehead atoms. The molecule has 4 nitrogen and oxygen atoms in total. The van der Waals surface area contributed by atoms with Crippen LogP contribution in [0.2, 0.25) is 0 Å². The SMILES string of the molecule is N#Cc1ccccc1CN1CCC2NNC(c3cc(F)ccc3F)C2C1. The molecule has 3 unspecified atom stereocenters. The van der Waals surface area contributed by atoms with Gasteiger partial charge in [0.25, 0.3) is 0 Å². The number of rotatable bonds is 3. The summed E-state index contributed by atoms with van der Waals surface area (Å²) >= 11 is 0. The Kier molecular flexibility index (Phi) is 4.68. The lowest BCUT2D eigenvalue weighted by atomic mass is 9.84. The maximum absolute atomic E-state index is 14.2. The molecule has 0 spiro atoms. The number of nitriles is 1. The number of fused-ring (bicyclic) bond motifs is 1. The molecule has 0 amide bonds. The third kappa shape index (κ3) is 3.21. The van der Waals surface area contributed by atoms with Gasteiger partial charge in [0.15, 0.2) is 0 Å². The molecule has 2 aromatic carbocycles. The van der Waals surface area contributed by atoms with E-state index in [1.54, 1.807) is 0 Å². The fourth-order valence-electron chi connectivity index (χ4n) is 4.09. The average molecular weight is 354 g/mol. The van der Waals surface area contributed by atoms with Gasteiger partial charge in [-0.2, -0.15) is 5.26 Å². The largest absolute Gasteiger partial charge is 0.299 e. The van der Waals surface area contributed by atoms with E-state index in [1.807, 2.05) is 24.3 Å². The Morgan fingerprint density at radius 3 is 2.85 bits per heavy atom. The number of benzene rings is 2. The molecule has 2 aliphatic heterocycles. The molecule has 2 aliphatic rings. The number of piperidine rings is 1. The lowest BCUT2D eigenvalue weighted by molar-refractivity contribution is 0.147. The van der Waals surface area contributed by atoms with Crippen molar-refractivity contribution in [3.8, 4) is 6.07 Å². The molecule has 2 saturated heterocycles. The molecule has 0 aromatic heterocycles. The first kappa shape index (κ1) is 17.1. The van der Waals surface area contributed by atoms with E-state index in [0.717, 1.165) is 31.1 Å². The van der Waals surface area contributed by atoms with E-state index in [9.17, 15) is 14.0 Å². The van der Waals surface area contributed by atoms with Gasteiger partial charge in [0.2, 0.25) is 0 Å². The number of hydrogen-bond acceptors (Lipinski definition) is 4. The summed E-state index contributed by atoms with van der Waals surface area (Å²) in [6.07, 6.45) is 0.916. The van der Waals surface area contributed by atoms with Crippen LogP contribution < -0.4 is 10.9 Å². The van der Waals surface area contributed by atoms with E-state index in [-0.39, 0.29) is 18.0 Å². The highest BCUT2D eigenvalue weighted by molar-refractivity contribution is 5.37. The van der Waals surface area contributed by atoms with Crippen LogP contribution in [-0.2, 0) is 6.54 Å². The second-order valence-corrected chi connectivity index (χ2v) is 7.00. The number of halogens is 2. The van der Waals surface area contributed by atoms with Crippen molar-refractivity contribution in [1.29, 1.82) is 5.26 Å². The molecule has 6 heteroatoms. The molecule has 4 rings (SSSR count). The fourth-order valence-corrected chi connectivity index (χ4v) is 4.09. The van der Waals surface area contributed by atoms with Crippen LogP contribution in [0.25, 0.3) is 0 Å². The van der Waals surface area contributed by atoms with Crippen LogP contribution >= 0.6 is 0 Å². The Hall–Kier alpha value is -2.33. The summed E-state index contributed by atoms with van der Waals surface area (Å²) in [7, 11) is 0. The zero-order valence-electron chi connectivity index (χ0n) is 14.3. The first-order valence-electron chi connectivity index (χ1n) is 8.82. The van der Waals surface area contributed by atoms with Crippen LogP contribution in [0.5, 0.6) is 0 Å². The van der Waals surface area contributed by atoms with E-state index < -0.39 is 11.6 Å². The Morgan fingerprint density at radius 2 is 2.00 bits per heavy atom. The molecular weight excluding hydrogens is 334 g/mol. The molecule has 0 saturated carbocycles. The smallest absolute Gasteiger partial charge is 0.128 e. The predicted octanol–water partition coefficient (Wildman–Crippen LogP) is 2.88. The van der Waals surface area contributed by atoms with Gasteiger partial charge in [-0.25, -0.2) is 14.2 Å². The average Bonchev–Trinajstić information content (AvgIpc) is 3.07. The summed E-state index contributed by atoms with van der Waals surface area (Å²) in [5.41, 5.74) is 8.45. The standard InChI is InChI=1S/C20H20F2N4/c21-15-5-6-18(22)16(9-15)20-17-12-26(8-7-19(17)24-25-20)11-14-4-2-1-3-13(14)10-23/h1-6,9,17,19-20,24-25H,7-8,11-12H2. The minimum Gasteiger partial charge on any atom is -0.299 e. The topological polar surface area (TPSA) is 51.1 Å². The van der Waals surface area contributed by atoms with Gasteiger partial charge >= 0.3 is 0 Å². The zero-order valence-corrected chi connectivity index (χ0v) is 14.3. The van der Waals surface area contributed by atoms with Crippen LogP contribution in [0, 0.1) is 28.9 Å². The third-order valence-electron chi connectivity index (χ3n) is 5.42. The highest BCUT2D eigenvalue weighted by Crippen LogP contribution is 2.35. The van der Waals surface area contributed by atoms with Crippen molar-refractivity contribution in [3.05, 3.63) is 70.8 Å². The predicted molar refractivity (Wildman–Crippen MR) is 93.7 cm³/mol. The van der Waals surface area contributed by atoms with E-state index >= 15 is 0 Å². The molecule has 2 N–H and O–H groups in total. The Morgan fingerprint density at radius 1 is 1.15 bits per heavy atom. The summed E-state index contributed by atoms with van der Waals surface area (Å²) in [5.74, 6) is -0.685. The van der Waals surface area contributed by atoms with Crippen LogP contribution in [0.3, 0.4) is 0 Å². The first-order valence-corrected chi connectivity index (χ1v) is 8.82. The minimum absolute atomic E-state index is 0.134. The Labute approximate surface area is 151 Å². The van der Waals surface area contributed by atoms with Gasteiger partial charge in [-0.15, -0.1) is 0 Å². The molecule has 3 atom stereocenters. The fraction of sp³-hybridized carbons (Fsp3) is 0.350. The van der Waals surface area contributed by atoms with Gasteiger partial charge in [-0.05, 0) is 36.2 Å². The number of hydrazine groups is 1. The number of likely N-dealkylation sites (tertiary alicyclic amines) is 1. The van der Waals surface area contributed by atoms with E-state index in [1.165, 1.54) is 12.1 Å². The van der Waals surface area contributed by atoms with Gasteiger partial charge in [0.1, 0.15) is 11.6 Å². The van der Waals surface area contributed by atoms with Crippen molar-refractivity contribution in [2.24, 2.45) is 5.92 Å². The second kappa shape index (κ2) is 7.12. The molecule has 134 valence electrons. The highest BCUT2D eigenvalue weighted by atomic mass is 19.1. The molecular formula is C20H20F2N4. The van der Waals surface area contributed by atoms with Gasteiger partial charge in [0, 0.05) is 37.2 Å². The molecule has 0 aliphatic carbocycles. The van der Waals surface area contributed by atoms with Crippen LogP contribution in [0.4, 0.5) is 8.78 Å². The summed E-state index contributed by atoms with van der Waals surface area (Å²) < 4.78 is 27.9. The molecule has 26 heavy (non-hydrogen) atoms. The minimum atomic E-state index is -0.428. The van der Waals surface area contributed by atoms with Crippen molar-refractivity contribution in [1.82, 2.24) is 15.8 Å². The summed E-state index contributed by atoms with van der Waals surface area (Å²) in [5, 5.41) is 9.28. The van der Waals surface area contributed by atoms with Crippen LogP contribution in [0.1, 0.15) is 29.2 Å². The lowest BCUT2D eigenvalue weighted by Crippen LogP contribution is -2.45. The van der Waals surface area contributed by atoms with E-state index in [0.29, 0.717) is 17.7 Å². The van der Waals surface area contributed by atoms with Gasteiger partial charge in [-0.3, -0.25) is 10.3 Å². The number of nitrogens with one attached hydrogen (secondary N) is 2. The highest BCUT2D eigenvalue weighted by Gasteiger charge is 2.41. The normalized spacial score (nSPS) is 25.7. The van der Waals surface area contributed by atoms with Crippen molar-refractivity contribution in [2.75, 3.05) is 13.1 Å². The lowest BCUT2D eigenvalue weighted by Gasteiger charge is -2.36. The Bertz CT molecular complexity index is 848. The first-order chi connectivity index (χ1) is 12.7. The molecule has 2 heterocycles. The van der Waals surface area contributed by atoms with Crippen molar-refractivity contribution >= 4 is 0 Å². The summed E-state index contributed by atoms with van der Waals surface area (Å²) in [6, 6.07) is 13.4. The van der Waals surface area contributed by atoms with Crippen LogP contribution in [0.15, 0.2) is 42.5 Å². The summed E-state index contributed by atoms with van der Waals surface area (Å²) in [6.45, 7) is 2.34. The third-order valence-corrected chi connectivity index (χ3v) is 5.42. The maximum Gasteiger partial charge on any atom is 0.128 e. The summed E-state index contributed by atoms with van der Waals surface area (Å²) in [4.78, 5) is 2.29. The van der Waals surface area contributed by atoms with Crippen molar-refractivity contribution < 1.29 is 8.78 Å². The zero-order chi connectivity index (χ0) is 18.1. The monoisotopic (exact) mass is 354 g/mol. The van der Waals surface area contributed by atoms with Crippen molar-refractivity contribution in [2.45, 2.75) is 25.0 Å².